The summed E-state index contributed by atoms with van der Waals surface area (Å²) in [5.41, 5.74) is -2.75. The minimum atomic E-state index is -2.51. The first-order valence-corrected chi connectivity index (χ1v) is 17.3. The van der Waals surface area contributed by atoms with E-state index >= 15 is 9.59 Å². The highest BCUT2D eigenvalue weighted by molar-refractivity contribution is 6.15. The third kappa shape index (κ3) is 5.13. The monoisotopic (exact) mass is 673 g/mol. The van der Waals surface area contributed by atoms with Crippen LogP contribution in [0.15, 0.2) is 103 Å². The van der Waals surface area contributed by atoms with Gasteiger partial charge < -0.3 is 29.5 Å². The molecule has 1 aliphatic carbocycles. The van der Waals surface area contributed by atoms with Crippen molar-refractivity contribution in [3.63, 3.8) is 0 Å². The second-order valence-electron chi connectivity index (χ2n) is 13.5. The number of hydrogen-bond acceptors (Lipinski definition) is 8. The van der Waals surface area contributed by atoms with Crippen molar-refractivity contribution in [3.05, 3.63) is 125 Å². The number of rotatable bonds is 8. The third-order valence-corrected chi connectivity index (χ3v) is 10.6. The molecular formula is C40H39N3O7. The quantitative estimate of drug-likeness (QED) is 0.243. The molecule has 2 fully saturated rings. The number of likely N-dealkylation sites (tertiary alicyclic amines) is 1. The minimum Gasteiger partial charge on any atom is -0.473 e. The number of carbonyl (C=O) groups is 3. The molecule has 2 amide bonds. The number of hydrogen-bond donors (Lipinski definition) is 3. The molecule has 4 aromatic carbocycles. The Hall–Kier alpha value is -5.19. The maximum absolute atomic E-state index is 15.5. The Morgan fingerprint density at radius 2 is 1.50 bits per heavy atom. The lowest BCUT2D eigenvalue weighted by molar-refractivity contribution is -0.158. The highest BCUT2D eigenvalue weighted by Gasteiger charge is 2.79. The van der Waals surface area contributed by atoms with E-state index < -0.39 is 40.9 Å². The number of aliphatic hydroxyl groups is 1. The number of ether oxygens (including phenoxy) is 3. The zero-order valence-electron chi connectivity index (χ0n) is 27.5. The van der Waals surface area contributed by atoms with Crippen LogP contribution in [0.5, 0.6) is 17.2 Å². The predicted molar refractivity (Wildman–Crippen MR) is 183 cm³/mol. The van der Waals surface area contributed by atoms with Crippen LogP contribution in [0.25, 0.3) is 0 Å². The molecule has 4 aromatic rings. The smallest absolute Gasteiger partial charge is 0.261 e. The van der Waals surface area contributed by atoms with Gasteiger partial charge in [0, 0.05) is 19.1 Å². The number of nitrogens with zero attached hydrogens (tertiary/aromatic N) is 1. The summed E-state index contributed by atoms with van der Waals surface area (Å²) < 4.78 is 17.8. The Morgan fingerprint density at radius 1 is 0.800 bits per heavy atom. The van der Waals surface area contributed by atoms with Crippen molar-refractivity contribution >= 4 is 17.6 Å². The Bertz CT molecular complexity index is 1910. The average Bonchev–Trinajstić information content (AvgIpc) is 3.70. The van der Waals surface area contributed by atoms with Crippen LogP contribution in [0.3, 0.4) is 0 Å². The summed E-state index contributed by atoms with van der Waals surface area (Å²) in [4.78, 5) is 47.0. The summed E-state index contributed by atoms with van der Waals surface area (Å²) in [5.74, 6) is -0.301. The van der Waals surface area contributed by atoms with Gasteiger partial charge in [-0.1, -0.05) is 98.1 Å². The molecule has 10 heteroatoms. The summed E-state index contributed by atoms with van der Waals surface area (Å²) in [6, 6.07) is 28.5. The van der Waals surface area contributed by atoms with E-state index in [1.165, 1.54) is 4.90 Å². The molecule has 1 saturated carbocycles. The van der Waals surface area contributed by atoms with Gasteiger partial charge in [-0.15, -0.1) is 0 Å². The van der Waals surface area contributed by atoms with E-state index in [9.17, 15) is 9.90 Å². The van der Waals surface area contributed by atoms with E-state index in [1.54, 1.807) is 60.7 Å². The zero-order chi connectivity index (χ0) is 34.3. The Morgan fingerprint density at radius 3 is 2.28 bits per heavy atom. The Labute approximate surface area is 290 Å². The van der Waals surface area contributed by atoms with E-state index in [0.29, 0.717) is 17.2 Å². The maximum atomic E-state index is 15.5. The molecule has 4 aliphatic rings. The average molecular weight is 674 g/mol. The molecule has 1 saturated heterocycles. The first kappa shape index (κ1) is 32.0. The van der Waals surface area contributed by atoms with Gasteiger partial charge in [0.1, 0.15) is 11.8 Å². The second kappa shape index (κ2) is 12.9. The third-order valence-electron chi connectivity index (χ3n) is 10.6. The first-order valence-electron chi connectivity index (χ1n) is 17.3. The van der Waals surface area contributed by atoms with Gasteiger partial charge in [0.05, 0.1) is 5.56 Å². The van der Waals surface area contributed by atoms with Gasteiger partial charge in [0.15, 0.2) is 34.5 Å². The van der Waals surface area contributed by atoms with Gasteiger partial charge in [-0.2, -0.15) is 0 Å². The van der Waals surface area contributed by atoms with Gasteiger partial charge in [-0.05, 0) is 53.8 Å². The number of amides is 2. The number of ketones is 1. The number of para-hydroxylation sites is 1. The summed E-state index contributed by atoms with van der Waals surface area (Å²) in [6.07, 6.45) is 3.28. The number of fused-ring (bicyclic) bond motifs is 2. The lowest BCUT2D eigenvalue weighted by atomic mass is 9.60. The van der Waals surface area contributed by atoms with Crippen molar-refractivity contribution < 1.29 is 33.7 Å². The molecule has 3 heterocycles. The van der Waals surface area contributed by atoms with Crippen molar-refractivity contribution in [1.82, 2.24) is 15.5 Å². The topological polar surface area (TPSA) is 126 Å². The van der Waals surface area contributed by atoms with E-state index in [1.807, 2.05) is 42.5 Å². The number of Topliss-reactive ketones (excluding diaryl/α,β-unsaturated/α-hetero) is 1. The molecule has 8 rings (SSSR count). The van der Waals surface area contributed by atoms with E-state index in [0.717, 1.165) is 43.2 Å². The fraction of sp³-hybridized carbons (Fsp3) is 0.325. The standard InChI is InChI=1S/C40H39N3O7/c44-35-30-18-10-11-19-31(30)50-37(41-23-27-20-21-32-33(22-27)49-25-48-32)39(35)34(36(45)42-29-16-8-3-9-17-29)43(24-26-12-4-1-5-13-26)38(46)40(39,47)28-14-6-2-7-15-28/h1-2,4-7,10-15,18-22,29,34,37,41,47H,3,8-9,16-17,23-25H2,(H,42,45)/t34-,37+,39+,40-/m1/s1. The maximum Gasteiger partial charge on any atom is 0.261 e. The van der Waals surface area contributed by atoms with Crippen LogP contribution in [0.1, 0.15) is 59.2 Å². The van der Waals surface area contributed by atoms with Crippen LogP contribution >= 0.6 is 0 Å². The highest BCUT2D eigenvalue weighted by Crippen LogP contribution is 2.58. The molecule has 0 bridgehead atoms. The van der Waals surface area contributed by atoms with Crippen LogP contribution in [-0.4, -0.2) is 52.7 Å². The molecule has 0 unspecified atom stereocenters. The lowest BCUT2D eigenvalue weighted by Crippen LogP contribution is -2.70. The molecule has 3 aliphatic heterocycles. The van der Waals surface area contributed by atoms with Gasteiger partial charge in [-0.25, -0.2) is 0 Å². The van der Waals surface area contributed by atoms with Crippen molar-refractivity contribution in [2.24, 2.45) is 5.41 Å². The van der Waals surface area contributed by atoms with Crippen molar-refractivity contribution in [2.75, 3.05) is 6.79 Å². The molecule has 10 nitrogen and oxygen atoms in total. The van der Waals surface area contributed by atoms with Crippen LogP contribution in [0.4, 0.5) is 0 Å². The molecule has 1 spiro atoms. The molecular weight excluding hydrogens is 634 g/mol. The summed E-state index contributed by atoms with van der Waals surface area (Å²) in [5, 5.41) is 19.9. The van der Waals surface area contributed by atoms with Crippen LogP contribution in [-0.2, 0) is 28.3 Å². The Balaban J connectivity index is 1.32. The first-order chi connectivity index (χ1) is 24.4. The normalized spacial score (nSPS) is 25.7. The van der Waals surface area contributed by atoms with E-state index in [4.69, 9.17) is 14.2 Å². The fourth-order valence-corrected chi connectivity index (χ4v) is 8.21. The van der Waals surface area contributed by atoms with Crippen LogP contribution < -0.4 is 24.8 Å². The minimum absolute atomic E-state index is 0.0108. The van der Waals surface area contributed by atoms with Crippen molar-refractivity contribution in [2.45, 2.75) is 69.1 Å². The van der Waals surface area contributed by atoms with Crippen LogP contribution in [0, 0.1) is 5.41 Å². The number of nitrogens with one attached hydrogen (secondary N) is 2. The fourth-order valence-electron chi connectivity index (χ4n) is 8.21. The zero-order valence-corrected chi connectivity index (χ0v) is 27.5. The van der Waals surface area contributed by atoms with Gasteiger partial charge in [-0.3, -0.25) is 19.7 Å². The summed E-state index contributed by atoms with van der Waals surface area (Å²) in [6.45, 7) is 0.268. The van der Waals surface area contributed by atoms with Crippen molar-refractivity contribution in [1.29, 1.82) is 0 Å². The number of benzene rings is 4. The van der Waals surface area contributed by atoms with E-state index in [2.05, 4.69) is 10.6 Å². The van der Waals surface area contributed by atoms with E-state index in [-0.39, 0.29) is 37.1 Å². The largest absolute Gasteiger partial charge is 0.473 e. The van der Waals surface area contributed by atoms with Crippen LogP contribution in [0.2, 0.25) is 0 Å². The molecule has 3 N–H and O–H groups in total. The van der Waals surface area contributed by atoms with Gasteiger partial charge >= 0.3 is 0 Å². The molecule has 256 valence electrons. The molecule has 0 radical (unpaired) electrons. The SMILES string of the molecule is O=C(NC1CCCCC1)[C@H]1N(Cc2ccccc2)C(=O)[C@](O)(c2ccccc2)[C@]12C(=O)c1ccccc1O[C@@H]2NCc1ccc2c(c1)OCO2. The van der Waals surface area contributed by atoms with Gasteiger partial charge in [0.25, 0.3) is 5.91 Å². The van der Waals surface area contributed by atoms with Gasteiger partial charge in [0.2, 0.25) is 12.7 Å². The lowest BCUT2D eigenvalue weighted by Gasteiger charge is -2.49. The molecule has 0 aromatic heterocycles. The highest BCUT2D eigenvalue weighted by atomic mass is 16.7. The molecule has 50 heavy (non-hydrogen) atoms. The predicted octanol–water partition coefficient (Wildman–Crippen LogP) is 4.84. The second-order valence-corrected chi connectivity index (χ2v) is 13.5. The number of carbonyl (C=O) groups excluding carboxylic acids is 3. The summed E-state index contributed by atoms with van der Waals surface area (Å²) in [7, 11) is 0. The van der Waals surface area contributed by atoms with Crippen molar-refractivity contribution in [3.8, 4) is 17.2 Å². The summed E-state index contributed by atoms with van der Waals surface area (Å²) >= 11 is 0. The Kier molecular flexibility index (Phi) is 8.28. The molecule has 4 atom stereocenters.